The van der Waals surface area contributed by atoms with Gasteiger partial charge in [-0.25, -0.2) is 0 Å². The van der Waals surface area contributed by atoms with E-state index in [9.17, 15) is 0 Å². The molecule has 0 spiro atoms. The van der Waals surface area contributed by atoms with Gasteiger partial charge in [0.25, 0.3) is 0 Å². The first-order valence-corrected chi connectivity index (χ1v) is 6.79. The molecule has 16 heavy (non-hydrogen) atoms. The first kappa shape index (κ1) is 11.9. The van der Waals surface area contributed by atoms with Crippen molar-refractivity contribution in [1.82, 2.24) is 5.32 Å². The molecule has 0 heterocycles. The van der Waals surface area contributed by atoms with Crippen LogP contribution in [-0.4, -0.2) is 6.00 Å². The minimum atomic E-state index is 0.518. The van der Waals surface area contributed by atoms with Crippen LogP contribution >= 0.6 is 11.6 Å². The normalized spacial score (nSPS) is 17.6. The van der Waals surface area contributed by atoms with Crippen LogP contribution in [0.25, 0.3) is 0 Å². The van der Waals surface area contributed by atoms with Crippen LogP contribution in [-0.2, 0) is 6.54 Å². The van der Waals surface area contributed by atoms with Crippen LogP contribution < -0.4 is 5.32 Å². The highest BCUT2D eigenvalue weighted by atomic mass is 35.5. The molecule has 2 rings (SSSR count). The summed E-state index contributed by atoms with van der Waals surface area (Å²) in [6, 6.07) is 9.56. The van der Waals surface area contributed by atoms with Gasteiger partial charge in [-0.15, -0.1) is 11.6 Å². The Hall–Kier alpha value is -0.530. The second-order valence-corrected chi connectivity index (χ2v) is 4.90. The maximum Gasteiger partial charge on any atom is 0.0716 e. The summed E-state index contributed by atoms with van der Waals surface area (Å²) in [5.74, 6) is 0.809. The summed E-state index contributed by atoms with van der Waals surface area (Å²) in [5.41, 5.74) is 2.84. The molecule has 0 atom stereocenters. The lowest BCUT2D eigenvalue weighted by Gasteiger charge is -2.22. The van der Waals surface area contributed by atoms with Gasteiger partial charge in [-0.05, 0) is 29.9 Å². The fourth-order valence-corrected chi connectivity index (χ4v) is 2.63. The lowest BCUT2D eigenvalue weighted by atomic mass is 9.84. The highest BCUT2D eigenvalue weighted by molar-refractivity contribution is 6.17. The Morgan fingerprint density at radius 3 is 2.38 bits per heavy atom. The van der Waals surface area contributed by atoms with Crippen LogP contribution in [0.4, 0.5) is 0 Å². The Kier molecular flexibility index (Phi) is 4.68. The Morgan fingerprint density at radius 1 is 1.06 bits per heavy atom. The maximum atomic E-state index is 5.59. The number of nitrogens with one attached hydrogen (secondary N) is 1. The minimum absolute atomic E-state index is 0.518. The van der Waals surface area contributed by atoms with Gasteiger partial charge < -0.3 is 0 Å². The Labute approximate surface area is 103 Å². The third kappa shape index (κ3) is 3.23. The van der Waals surface area contributed by atoms with Gasteiger partial charge in [0.15, 0.2) is 0 Å². The minimum Gasteiger partial charge on any atom is -0.300 e. The number of alkyl halides is 1. The third-order valence-corrected chi connectivity index (χ3v) is 3.67. The van der Waals surface area contributed by atoms with Crippen molar-refractivity contribution in [3.05, 3.63) is 35.4 Å². The monoisotopic (exact) mass is 237 g/mol. The van der Waals surface area contributed by atoms with Crippen LogP contribution in [0.1, 0.15) is 49.1 Å². The second kappa shape index (κ2) is 6.27. The number of hydrogen-bond acceptors (Lipinski definition) is 1. The SMILES string of the molecule is ClCNCc1ccc(C2CCCCC2)cc1. The number of hydrogen-bond donors (Lipinski definition) is 1. The van der Waals surface area contributed by atoms with E-state index in [4.69, 9.17) is 11.6 Å². The molecule has 0 bridgehead atoms. The van der Waals surface area contributed by atoms with Gasteiger partial charge in [0.05, 0.1) is 6.00 Å². The lowest BCUT2D eigenvalue weighted by Crippen LogP contribution is -2.10. The summed E-state index contributed by atoms with van der Waals surface area (Å²) in [7, 11) is 0. The topological polar surface area (TPSA) is 12.0 Å². The molecule has 2 heteroatoms. The summed E-state index contributed by atoms with van der Waals surface area (Å²) in [6.07, 6.45) is 6.98. The van der Waals surface area contributed by atoms with E-state index in [-0.39, 0.29) is 0 Å². The molecule has 0 saturated heterocycles. The first-order chi connectivity index (χ1) is 7.90. The Bertz CT molecular complexity index is 301. The molecule has 1 N–H and O–H groups in total. The van der Waals surface area contributed by atoms with E-state index in [1.165, 1.54) is 43.2 Å². The van der Waals surface area contributed by atoms with Crippen LogP contribution in [0.3, 0.4) is 0 Å². The molecule has 1 aliphatic rings. The summed E-state index contributed by atoms with van der Waals surface area (Å²) < 4.78 is 0. The van der Waals surface area contributed by atoms with Gasteiger partial charge in [0, 0.05) is 6.54 Å². The molecule has 0 unspecified atom stereocenters. The van der Waals surface area contributed by atoms with Gasteiger partial charge in [0.1, 0.15) is 0 Å². The fourth-order valence-electron chi connectivity index (χ4n) is 2.54. The predicted octanol–water partition coefficient (Wildman–Crippen LogP) is 4.02. The molecule has 1 aromatic rings. The standard InChI is InChI=1S/C14H20ClN/c15-11-16-10-12-6-8-14(9-7-12)13-4-2-1-3-5-13/h6-9,13,16H,1-5,10-11H2. The Balaban J connectivity index is 1.95. The molecule has 0 radical (unpaired) electrons. The number of benzene rings is 1. The number of rotatable bonds is 4. The van der Waals surface area contributed by atoms with Crippen molar-refractivity contribution in [1.29, 1.82) is 0 Å². The third-order valence-electron chi connectivity index (χ3n) is 3.48. The second-order valence-electron chi connectivity index (χ2n) is 4.64. The molecule has 1 saturated carbocycles. The van der Waals surface area contributed by atoms with Crippen molar-refractivity contribution >= 4 is 11.6 Å². The molecule has 1 aliphatic carbocycles. The van der Waals surface area contributed by atoms with Crippen LogP contribution in [0, 0.1) is 0 Å². The van der Waals surface area contributed by atoms with E-state index in [2.05, 4.69) is 29.6 Å². The highest BCUT2D eigenvalue weighted by Gasteiger charge is 2.14. The fraction of sp³-hybridized carbons (Fsp3) is 0.571. The average Bonchev–Trinajstić information content (AvgIpc) is 2.38. The molecule has 0 aliphatic heterocycles. The van der Waals surface area contributed by atoms with Crippen molar-refractivity contribution in [2.24, 2.45) is 0 Å². The van der Waals surface area contributed by atoms with Crippen LogP contribution in [0.2, 0.25) is 0 Å². The van der Waals surface area contributed by atoms with Gasteiger partial charge in [-0.2, -0.15) is 0 Å². The summed E-state index contributed by atoms with van der Waals surface area (Å²) >= 11 is 5.59. The predicted molar refractivity (Wildman–Crippen MR) is 69.8 cm³/mol. The smallest absolute Gasteiger partial charge is 0.0716 e. The summed E-state index contributed by atoms with van der Waals surface area (Å²) in [5, 5.41) is 3.13. The summed E-state index contributed by atoms with van der Waals surface area (Å²) in [6.45, 7) is 0.869. The van der Waals surface area contributed by atoms with Gasteiger partial charge in [-0.1, -0.05) is 43.5 Å². The zero-order valence-corrected chi connectivity index (χ0v) is 10.5. The summed E-state index contributed by atoms with van der Waals surface area (Å²) in [4.78, 5) is 0. The average molecular weight is 238 g/mol. The molecule has 0 amide bonds. The molecule has 1 nitrogen and oxygen atoms in total. The maximum absolute atomic E-state index is 5.59. The molecule has 88 valence electrons. The van der Waals surface area contributed by atoms with Crippen LogP contribution in [0.15, 0.2) is 24.3 Å². The molecule has 1 aromatic carbocycles. The van der Waals surface area contributed by atoms with E-state index >= 15 is 0 Å². The largest absolute Gasteiger partial charge is 0.300 e. The zero-order valence-electron chi connectivity index (χ0n) is 9.71. The highest BCUT2D eigenvalue weighted by Crippen LogP contribution is 2.32. The van der Waals surface area contributed by atoms with E-state index in [1.54, 1.807) is 0 Å². The van der Waals surface area contributed by atoms with Gasteiger partial charge in [0.2, 0.25) is 0 Å². The van der Waals surface area contributed by atoms with Crippen molar-refractivity contribution in [2.75, 3.05) is 6.00 Å². The molecule has 1 fully saturated rings. The lowest BCUT2D eigenvalue weighted by molar-refractivity contribution is 0.443. The van der Waals surface area contributed by atoms with Crippen molar-refractivity contribution in [3.63, 3.8) is 0 Å². The van der Waals surface area contributed by atoms with E-state index in [1.807, 2.05) is 0 Å². The number of halogens is 1. The molecular formula is C14H20ClN. The van der Waals surface area contributed by atoms with Gasteiger partial charge >= 0.3 is 0 Å². The van der Waals surface area contributed by atoms with Crippen molar-refractivity contribution in [3.8, 4) is 0 Å². The van der Waals surface area contributed by atoms with E-state index in [0.717, 1.165) is 12.5 Å². The van der Waals surface area contributed by atoms with Crippen LogP contribution in [0.5, 0.6) is 0 Å². The van der Waals surface area contributed by atoms with E-state index < -0.39 is 0 Å². The van der Waals surface area contributed by atoms with E-state index in [0.29, 0.717) is 6.00 Å². The zero-order chi connectivity index (χ0) is 11.2. The van der Waals surface area contributed by atoms with Crippen molar-refractivity contribution in [2.45, 2.75) is 44.6 Å². The van der Waals surface area contributed by atoms with Gasteiger partial charge in [-0.3, -0.25) is 5.32 Å². The first-order valence-electron chi connectivity index (χ1n) is 6.25. The molecule has 0 aromatic heterocycles. The molecular weight excluding hydrogens is 218 g/mol. The Morgan fingerprint density at radius 2 is 1.75 bits per heavy atom. The quantitative estimate of drug-likeness (QED) is 0.616. The van der Waals surface area contributed by atoms with Crippen molar-refractivity contribution < 1.29 is 0 Å².